The molecule has 0 aliphatic heterocycles. The van der Waals surface area contributed by atoms with Gasteiger partial charge in [-0.3, -0.25) is 4.79 Å². The van der Waals surface area contributed by atoms with Gasteiger partial charge in [0, 0.05) is 12.6 Å². The number of anilines is 1. The van der Waals surface area contributed by atoms with Crippen LogP contribution in [0.4, 0.5) is 5.82 Å². The lowest BCUT2D eigenvalue weighted by atomic mass is 10.3. The molecule has 0 aromatic carbocycles. The Balaban J connectivity index is 1.95. The van der Waals surface area contributed by atoms with E-state index in [1.54, 1.807) is 13.0 Å². The fourth-order valence-electron chi connectivity index (χ4n) is 2.03. The van der Waals surface area contributed by atoms with Crippen molar-refractivity contribution in [3.63, 3.8) is 0 Å². The van der Waals surface area contributed by atoms with Gasteiger partial charge in [-0.15, -0.1) is 0 Å². The first kappa shape index (κ1) is 15.2. The van der Waals surface area contributed by atoms with Crippen LogP contribution in [0.3, 0.4) is 0 Å². The third kappa shape index (κ3) is 3.91. The summed E-state index contributed by atoms with van der Waals surface area (Å²) in [5.74, 6) is 0.762. The van der Waals surface area contributed by atoms with E-state index < -0.39 is 0 Å². The Labute approximate surface area is 123 Å². The summed E-state index contributed by atoms with van der Waals surface area (Å²) in [6, 6.07) is 1.59. The average molecular weight is 291 g/mol. The van der Waals surface area contributed by atoms with Gasteiger partial charge in [-0.2, -0.15) is 0 Å². The van der Waals surface area contributed by atoms with Crippen LogP contribution in [0.25, 0.3) is 11.1 Å². The van der Waals surface area contributed by atoms with Crippen molar-refractivity contribution in [2.75, 3.05) is 32.9 Å². The van der Waals surface area contributed by atoms with Gasteiger partial charge in [0.15, 0.2) is 17.2 Å². The van der Waals surface area contributed by atoms with Gasteiger partial charge < -0.3 is 20.4 Å². The second-order valence-electron chi connectivity index (χ2n) is 5.25. The highest BCUT2D eigenvalue weighted by Gasteiger charge is 2.15. The summed E-state index contributed by atoms with van der Waals surface area (Å²) < 4.78 is 5.44. The van der Waals surface area contributed by atoms with Crippen LogP contribution in [0, 0.1) is 6.92 Å². The number of carbonyl (C=O) groups is 1. The lowest BCUT2D eigenvalue weighted by Gasteiger charge is -2.08. The predicted molar refractivity (Wildman–Crippen MR) is 81.1 cm³/mol. The van der Waals surface area contributed by atoms with E-state index in [0.717, 1.165) is 19.4 Å². The summed E-state index contributed by atoms with van der Waals surface area (Å²) in [4.78, 5) is 22.3. The molecule has 1 amide bonds. The number of carbonyl (C=O) groups excluding carboxylic acids is 1. The minimum Gasteiger partial charge on any atom is -0.445 e. The van der Waals surface area contributed by atoms with E-state index >= 15 is 0 Å². The summed E-state index contributed by atoms with van der Waals surface area (Å²) in [6.07, 6.45) is 1.95. The van der Waals surface area contributed by atoms with Crippen LogP contribution in [0.2, 0.25) is 0 Å². The molecule has 0 aliphatic carbocycles. The second kappa shape index (κ2) is 6.53. The largest absolute Gasteiger partial charge is 0.445 e. The number of nitrogens with zero attached hydrogens (tertiary/aromatic N) is 3. The number of hydrogen-bond donors (Lipinski definition) is 2. The van der Waals surface area contributed by atoms with Gasteiger partial charge in [-0.1, -0.05) is 0 Å². The van der Waals surface area contributed by atoms with Gasteiger partial charge in [0.05, 0.1) is 0 Å². The van der Waals surface area contributed by atoms with Crippen LogP contribution in [-0.2, 0) is 0 Å². The van der Waals surface area contributed by atoms with Crippen LogP contribution >= 0.6 is 0 Å². The molecule has 0 saturated heterocycles. The van der Waals surface area contributed by atoms with Crippen LogP contribution in [0.1, 0.15) is 29.2 Å². The molecule has 0 radical (unpaired) electrons. The minimum atomic E-state index is -0.255. The Morgan fingerprint density at radius 1 is 1.38 bits per heavy atom. The van der Waals surface area contributed by atoms with Gasteiger partial charge in [0.25, 0.3) is 5.91 Å². The number of nitrogens with two attached hydrogens (primary N) is 1. The molecule has 114 valence electrons. The molecule has 0 fully saturated rings. The van der Waals surface area contributed by atoms with Crippen molar-refractivity contribution >= 4 is 22.8 Å². The standard InChI is InChI=1S/C14H21N5O2/c1-9-17-10-8-11(21-12(10)13(15)18-9)14(20)16-6-4-5-7-19(2)3/h8H,4-7H2,1-3H3,(H,16,20)(H2,15,17,18). The third-order valence-electron chi connectivity index (χ3n) is 3.05. The monoisotopic (exact) mass is 291 g/mol. The van der Waals surface area contributed by atoms with Crippen LogP contribution in [0.5, 0.6) is 0 Å². The molecule has 0 atom stereocenters. The van der Waals surface area contributed by atoms with Crippen LogP contribution < -0.4 is 11.1 Å². The van der Waals surface area contributed by atoms with Crippen molar-refractivity contribution < 1.29 is 9.21 Å². The summed E-state index contributed by atoms with van der Waals surface area (Å²) in [6.45, 7) is 3.36. The lowest BCUT2D eigenvalue weighted by Crippen LogP contribution is -2.24. The molecule has 2 aromatic heterocycles. The molecule has 3 N–H and O–H groups in total. The predicted octanol–water partition coefficient (Wildman–Crippen LogP) is 1.19. The van der Waals surface area contributed by atoms with E-state index in [-0.39, 0.29) is 17.5 Å². The molecule has 7 nitrogen and oxygen atoms in total. The maximum atomic E-state index is 12.0. The molecular formula is C14H21N5O2. The summed E-state index contributed by atoms with van der Waals surface area (Å²) in [7, 11) is 4.06. The number of fused-ring (bicyclic) bond motifs is 1. The summed E-state index contributed by atoms with van der Waals surface area (Å²) in [5, 5.41) is 2.83. The van der Waals surface area contributed by atoms with Crippen molar-refractivity contribution in [3.8, 4) is 0 Å². The Hall–Kier alpha value is -2.15. The zero-order valence-electron chi connectivity index (χ0n) is 12.6. The van der Waals surface area contributed by atoms with Crippen LogP contribution in [-0.4, -0.2) is 48.0 Å². The van der Waals surface area contributed by atoms with Gasteiger partial charge in [-0.05, 0) is 40.4 Å². The number of aromatic nitrogens is 2. The number of hydrogen-bond acceptors (Lipinski definition) is 6. The molecule has 0 bridgehead atoms. The number of amides is 1. The third-order valence-corrected chi connectivity index (χ3v) is 3.05. The topological polar surface area (TPSA) is 97.3 Å². The number of nitrogen functional groups attached to an aromatic ring is 1. The molecule has 2 rings (SSSR count). The number of unbranched alkanes of at least 4 members (excludes halogenated alkanes) is 1. The van der Waals surface area contributed by atoms with E-state index in [2.05, 4.69) is 20.2 Å². The zero-order chi connectivity index (χ0) is 15.4. The molecule has 0 aliphatic rings. The maximum absolute atomic E-state index is 12.0. The SMILES string of the molecule is Cc1nc(N)c2oc(C(=O)NCCCCN(C)C)cc2n1. The van der Waals surface area contributed by atoms with E-state index in [1.165, 1.54) is 0 Å². The molecule has 2 heterocycles. The van der Waals surface area contributed by atoms with E-state index in [9.17, 15) is 4.79 Å². The molecule has 0 spiro atoms. The molecule has 0 saturated carbocycles. The average Bonchev–Trinajstić information content (AvgIpc) is 2.82. The van der Waals surface area contributed by atoms with Crippen molar-refractivity contribution in [3.05, 3.63) is 17.7 Å². The van der Waals surface area contributed by atoms with Gasteiger partial charge in [0.2, 0.25) is 0 Å². The fourth-order valence-corrected chi connectivity index (χ4v) is 2.03. The fraction of sp³-hybridized carbons (Fsp3) is 0.500. The molecule has 21 heavy (non-hydrogen) atoms. The van der Waals surface area contributed by atoms with Crippen molar-refractivity contribution in [2.45, 2.75) is 19.8 Å². The molecule has 7 heteroatoms. The van der Waals surface area contributed by atoms with E-state index in [4.69, 9.17) is 10.2 Å². The first-order valence-electron chi connectivity index (χ1n) is 6.94. The number of aryl methyl sites for hydroxylation is 1. The van der Waals surface area contributed by atoms with Gasteiger partial charge in [-0.25, -0.2) is 9.97 Å². The summed E-state index contributed by atoms with van der Waals surface area (Å²) >= 11 is 0. The van der Waals surface area contributed by atoms with Crippen LogP contribution in [0.15, 0.2) is 10.5 Å². The van der Waals surface area contributed by atoms with Crippen molar-refractivity contribution in [1.29, 1.82) is 0 Å². The van der Waals surface area contributed by atoms with Gasteiger partial charge >= 0.3 is 0 Å². The second-order valence-corrected chi connectivity index (χ2v) is 5.25. The normalized spacial score (nSPS) is 11.2. The van der Waals surface area contributed by atoms with Crippen molar-refractivity contribution in [2.24, 2.45) is 0 Å². The lowest BCUT2D eigenvalue weighted by molar-refractivity contribution is 0.0927. The van der Waals surface area contributed by atoms with E-state index in [1.807, 2.05) is 14.1 Å². The first-order chi connectivity index (χ1) is 9.97. The number of rotatable bonds is 6. The Kier molecular flexibility index (Phi) is 4.74. The number of nitrogens with one attached hydrogen (secondary N) is 1. The number of furan rings is 1. The molecule has 0 unspecified atom stereocenters. The quantitative estimate of drug-likeness (QED) is 0.776. The Morgan fingerprint density at radius 3 is 2.86 bits per heavy atom. The summed E-state index contributed by atoms with van der Waals surface area (Å²) in [5.41, 5.74) is 6.67. The minimum absolute atomic E-state index is 0.212. The first-order valence-corrected chi connectivity index (χ1v) is 6.94. The maximum Gasteiger partial charge on any atom is 0.287 e. The van der Waals surface area contributed by atoms with Gasteiger partial charge in [0.1, 0.15) is 11.3 Å². The Bertz CT molecular complexity index is 636. The van der Waals surface area contributed by atoms with Crippen molar-refractivity contribution in [1.82, 2.24) is 20.2 Å². The molecule has 2 aromatic rings. The zero-order valence-corrected chi connectivity index (χ0v) is 12.6. The smallest absolute Gasteiger partial charge is 0.287 e. The molecular weight excluding hydrogens is 270 g/mol. The highest BCUT2D eigenvalue weighted by molar-refractivity contribution is 5.96. The Morgan fingerprint density at radius 2 is 2.14 bits per heavy atom. The highest BCUT2D eigenvalue weighted by Crippen LogP contribution is 2.21. The highest BCUT2D eigenvalue weighted by atomic mass is 16.3. The van der Waals surface area contributed by atoms with E-state index in [0.29, 0.717) is 23.5 Å².